The number of rotatable bonds is 5. The Morgan fingerprint density at radius 1 is 1.23 bits per heavy atom. The molecule has 1 aliphatic carbocycles. The predicted molar refractivity (Wildman–Crippen MR) is 80.1 cm³/mol. The molecule has 0 bridgehead atoms. The zero-order valence-corrected chi connectivity index (χ0v) is 12.7. The molecule has 0 aromatic heterocycles. The normalized spacial score (nSPS) is 14.8. The van der Waals surface area contributed by atoms with Crippen molar-refractivity contribution in [1.29, 1.82) is 0 Å². The van der Waals surface area contributed by atoms with E-state index in [1.165, 1.54) is 6.92 Å². The molecule has 0 aliphatic heterocycles. The minimum Gasteiger partial charge on any atom is -0.452 e. The highest BCUT2D eigenvalue weighted by molar-refractivity contribution is 5.97. The number of benzene rings is 1. The van der Waals surface area contributed by atoms with Crippen molar-refractivity contribution in [3.8, 4) is 0 Å². The van der Waals surface area contributed by atoms with Crippen molar-refractivity contribution in [2.24, 2.45) is 0 Å². The summed E-state index contributed by atoms with van der Waals surface area (Å²) in [4.78, 5) is 35.0. The maximum atomic E-state index is 11.8. The summed E-state index contributed by atoms with van der Waals surface area (Å²) in [6, 6.07) is 7.10. The molecule has 1 fully saturated rings. The average Bonchev–Trinajstić information content (AvgIpc) is 3.24. The molecule has 1 aromatic carbocycles. The zero-order valence-electron chi connectivity index (χ0n) is 12.7. The molecule has 1 saturated carbocycles. The SMILES string of the molecule is Cc1ccc(CC(=O)OC(C)C(=O)NC(=O)NC2CC2)cc1. The summed E-state index contributed by atoms with van der Waals surface area (Å²) in [6.45, 7) is 3.40. The van der Waals surface area contributed by atoms with Gasteiger partial charge in [0.05, 0.1) is 6.42 Å². The van der Waals surface area contributed by atoms with E-state index >= 15 is 0 Å². The number of ether oxygens (including phenoxy) is 1. The van der Waals surface area contributed by atoms with Crippen LogP contribution in [-0.4, -0.2) is 30.1 Å². The molecule has 1 aliphatic rings. The van der Waals surface area contributed by atoms with Crippen LogP contribution in [0.4, 0.5) is 4.79 Å². The number of hydrogen-bond acceptors (Lipinski definition) is 4. The number of hydrogen-bond donors (Lipinski definition) is 2. The summed E-state index contributed by atoms with van der Waals surface area (Å²) in [5.41, 5.74) is 1.92. The van der Waals surface area contributed by atoms with Gasteiger partial charge in [-0.05, 0) is 32.3 Å². The molecule has 2 N–H and O–H groups in total. The van der Waals surface area contributed by atoms with Crippen LogP contribution in [0.1, 0.15) is 30.9 Å². The number of carbonyl (C=O) groups is 3. The molecular formula is C16H20N2O4. The number of nitrogens with one attached hydrogen (secondary N) is 2. The third kappa shape index (κ3) is 5.20. The van der Waals surface area contributed by atoms with Gasteiger partial charge in [0, 0.05) is 6.04 Å². The molecule has 3 amide bonds. The molecule has 0 radical (unpaired) electrons. The monoisotopic (exact) mass is 304 g/mol. The van der Waals surface area contributed by atoms with Gasteiger partial charge in [0.1, 0.15) is 0 Å². The van der Waals surface area contributed by atoms with E-state index in [0.29, 0.717) is 0 Å². The number of amides is 3. The Balaban J connectivity index is 1.75. The van der Waals surface area contributed by atoms with Crippen LogP contribution in [0, 0.1) is 6.92 Å². The standard InChI is InChI=1S/C16H20N2O4/c1-10-3-5-12(6-4-10)9-14(19)22-11(2)15(20)18-16(21)17-13-7-8-13/h3-6,11,13H,7-9H2,1-2H3,(H2,17,18,20,21). The molecule has 22 heavy (non-hydrogen) atoms. The van der Waals surface area contributed by atoms with Gasteiger partial charge in [-0.3, -0.25) is 14.9 Å². The fraction of sp³-hybridized carbons (Fsp3) is 0.438. The minimum atomic E-state index is -1.01. The van der Waals surface area contributed by atoms with Crippen molar-refractivity contribution in [3.05, 3.63) is 35.4 Å². The lowest BCUT2D eigenvalue weighted by Crippen LogP contribution is -2.45. The van der Waals surface area contributed by atoms with Crippen molar-refractivity contribution in [2.45, 2.75) is 45.3 Å². The Kier molecular flexibility index (Phi) is 5.14. The highest BCUT2D eigenvalue weighted by Crippen LogP contribution is 2.18. The number of esters is 1. The van der Waals surface area contributed by atoms with Gasteiger partial charge in [-0.25, -0.2) is 4.79 Å². The second-order valence-corrected chi connectivity index (χ2v) is 5.53. The molecule has 1 aromatic rings. The Morgan fingerprint density at radius 3 is 2.45 bits per heavy atom. The molecule has 1 atom stereocenters. The molecule has 0 spiro atoms. The molecule has 6 nitrogen and oxygen atoms in total. The Bertz CT molecular complexity index is 564. The lowest BCUT2D eigenvalue weighted by Gasteiger charge is -2.13. The summed E-state index contributed by atoms with van der Waals surface area (Å²) in [6.07, 6.45) is 0.945. The Hall–Kier alpha value is -2.37. The van der Waals surface area contributed by atoms with E-state index in [1.54, 1.807) is 0 Å². The van der Waals surface area contributed by atoms with Gasteiger partial charge in [-0.1, -0.05) is 29.8 Å². The second kappa shape index (κ2) is 7.06. The van der Waals surface area contributed by atoms with Crippen LogP contribution < -0.4 is 10.6 Å². The van der Waals surface area contributed by atoms with Crippen molar-refractivity contribution >= 4 is 17.9 Å². The van der Waals surface area contributed by atoms with Crippen LogP contribution in [0.15, 0.2) is 24.3 Å². The van der Waals surface area contributed by atoms with Crippen LogP contribution in [-0.2, 0) is 20.7 Å². The first-order valence-electron chi connectivity index (χ1n) is 7.30. The average molecular weight is 304 g/mol. The van der Waals surface area contributed by atoms with Gasteiger partial charge in [-0.2, -0.15) is 0 Å². The van der Waals surface area contributed by atoms with Gasteiger partial charge in [0.25, 0.3) is 5.91 Å². The van der Waals surface area contributed by atoms with Crippen LogP contribution in [0.25, 0.3) is 0 Å². The van der Waals surface area contributed by atoms with Crippen LogP contribution in [0.3, 0.4) is 0 Å². The first-order chi connectivity index (χ1) is 10.4. The molecule has 0 saturated heterocycles. The van der Waals surface area contributed by atoms with Gasteiger partial charge in [0.2, 0.25) is 0 Å². The molecule has 118 valence electrons. The van der Waals surface area contributed by atoms with Crippen LogP contribution in [0.5, 0.6) is 0 Å². The largest absolute Gasteiger partial charge is 0.452 e. The number of aryl methyl sites for hydroxylation is 1. The fourth-order valence-corrected chi connectivity index (χ4v) is 1.83. The van der Waals surface area contributed by atoms with E-state index in [4.69, 9.17) is 4.74 Å². The number of carbonyl (C=O) groups excluding carboxylic acids is 3. The third-order valence-corrected chi connectivity index (χ3v) is 3.30. The summed E-state index contributed by atoms with van der Waals surface area (Å²) in [7, 11) is 0. The van der Waals surface area contributed by atoms with E-state index in [9.17, 15) is 14.4 Å². The van der Waals surface area contributed by atoms with E-state index in [1.807, 2.05) is 31.2 Å². The Labute approximate surface area is 129 Å². The van der Waals surface area contributed by atoms with Gasteiger partial charge >= 0.3 is 12.0 Å². The first-order valence-corrected chi connectivity index (χ1v) is 7.30. The third-order valence-electron chi connectivity index (χ3n) is 3.30. The highest BCUT2D eigenvalue weighted by atomic mass is 16.5. The molecule has 0 heterocycles. The smallest absolute Gasteiger partial charge is 0.321 e. The first kappa shape index (κ1) is 16.0. The van der Waals surface area contributed by atoms with E-state index < -0.39 is 24.0 Å². The maximum Gasteiger partial charge on any atom is 0.321 e. The fourth-order valence-electron chi connectivity index (χ4n) is 1.83. The summed E-state index contributed by atoms with van der Waals surface area (Å²) in [5.74, 6) is -1.13. The van der Waals surface area contributed by atoms with E-state index in [2.05, 4.69) is 10.6 Å². The van der Waals surface area contributed by atoms with Crippen molar-refractivity contribution in [2.75, 3.05) is 0 Å². The lowest BCUT2D eigenvalue weighted by atomic mass is 10.1. The molecule has 6 heteroatoms. The molecule has 1 unspecified atom stereocenters. The molecular weight excluding hydrogens is 284 g/mol. The topological polar surface area (TPSA) is 84.5 Å². The second-order valence-electron chi connectivity index (χ2n) is 5.53. The van der Waals surface area contributed by atoms with Gasteiger partial charge < -0.3 is 10.1 Å². The predicted octanol–water partition coefficient (Wildman–Crippen LogP) is 1.46. The van der Waals surface area contributed by atoms with E-state index in [-0.39, 0.29) is 12.5 Å². The summed E-state index contributed by atoms with van der Waals surface area (Å²) in [5, 5.41) is 4.79. The van der Waals surface area contributed by atoms with E-state index in [0.717, 1.165) is 24.0 Å². The van der Waals surface area contributed by atoms with Crippen molar-refractivity contribution in [1.82, 2.24) is 10.6 Å². The molecule has 2 rings (SSSR count). The Morgan fingerprint density at radius 2 is 1.86 bits per heavy atom. The van der Waals surface area contributed by atoms with Crippen molar-refractivity contribution in [3.63, 3.8) is 0 Å². The van der Waals surface area contributed by atoms with Crippen molar-refractivity contribution < 1.29 is 19.1 Å². The quantitative estimate of drug-likeness (QED) is 0.807. The summed E-state index contributed by atoms with van der Waals surface area (Å²) >= 11 is 0. The minimum absolute atomic E-state index is 0.0895. The highest BCUT2D eigenvalue weighted by Gasteiger charge is 2.25. The van der Waals surface area contributed by atoms with Gasteiger partial charge in [-0.15, -0.1) is 0 Å². The van der Waals surface area contributed by atoms with Crippen LogP contribution in [0.2, 0.25) is 0 Å². The van der Waals surface area contributed by atoms with Gasteiger partial charge in [0.15, 0.2) is 6.10 Å². The zero-order chi connectivity index (χ0) is 16.1. The summed E-state index contributed by atoms with van der Waals surface area (Å²) < 4.78 is 5.04. The number of imide groups is 1. The lowest BCUT2D eigenvalue weighted by molar-refractivity contribution is -0.153. The van der Waals surface area contributed by atoms with Crippen LogP contribution >= 0.6 is 0 Å². The maximum absolute atomic E-state index is 11.8. The number of urea groups is 1.